The van der Waals surface area contributed by atoms with Gasteiger partial charge in [-0.1, -0.05) is 12.1 Å². The fraction of sp³-hybridized carbons (Fsp3) is 0.381. The summed E-state index contributed by atoms with van der Waals surface area (Å²) in [5.41, 5.74) is 2.31. The maximum absolute atomic E-state index is 5.22. The first kappa shape index (κ1) is 18.4. The molecule has 0 aliphatic carbocycles. The Balaban J connectivity index is 1.27. The Bertz CT molecular complexity index is 882. The average Bonchev–Trinajstić information content (AvgIpc) is 3.19. The zero-order valence-corrected chi connectivity index (χ0v) is 16.5. The number of benzene rings is 1. The minimum Gasteiger partial charge on any atom is -0.497 e. The smallest absolute Gasteiger partial charge is 0.175 e. The molecule has 0 radical (unpaired) electrons. The molecule has 0 bridgehead atoms. The zero-order chi connectivity index (χ0) is 19.3. The van der Waals surface area contributed by atoms with Crippen molar-refractivity contribution in [2.45, 2.75) is 13.3 Å². The van der Waals surface area contributed by atoms with Crippen molar-refractivity contribution >= 4 is 5.82 Å². The number of anilines is 1. The van der Waals surface area contributed by atoms with Gasteiger partial charge in [-0.25, -0.2) is 4.68 Å². The number of rotatable bonds is 6. The first-order valence-electron chi connectivity index (χ1n) is 9.68. The highest BCUT2D eigenvalue weighted by Crippen LogP contribution is 2.16. The third-order valence-electron chi connectivity index (χ3n) is 5.17. The van der Waals surface area contributed by atoms with Gasteiger partial charge < -0.3 is 9.64 Å². The summed E-state index contributed by atoms with van der Waals surface area (Å²) in [4.78, 5) is 4.81. The standard InChI is InChI=1S/C21H26N6O/c1-17-9-12-27(24-17)21-8-7-20(22-23-21)26-15-13-25(14-16-26)11-10-18-3-5-19(28-2)6-4-18/h3-9,12H,10-11,13-16H2,1-2H3. The van der Waals surface area contributed by atoms with Gasteiger partial charge >= 0.3 is 0 Å². The topological polar surface area (TPSA) is 59.3 Å². The highest BCUT2D eigenvalue weighted by molar-refractivity contribution is 5.40. The van der Waals surface area contributed by atoms with Gasteiger partial charge in [-0.2, -0.15) is 5.10 Å². The van der Waals surface area contributed by atoms with Crippen LogP contribution in [-0.4, -0.2) is 64.7 Å². The molecule has 0 saturated carbocycles. The van der Waals surface area contributed by atoms with E-state index in [0.29, 0.717) is 0 Å². The summed E-state index contributed by atoms with van der Waals surface area (Å²) in [5.74, 6) is 2.59. The Morgan fingerprint density at radius 3 is 2.21 bits per heavy atom. The largest absolute Gasteiger partial charge is 0.497 e. The predicted molar refractivity (Wildman–Crippen MR) is 109 cm³/mol. The molecular weight excluding hydrogens is 352 g/mol. The van der Waals surface area contributed by atoms with Gasteiger partial charge in [0.25, 0.3) is 0 Å². The molecule has 146 valence electrons. The van der Waals surface area contributed by atoms with Gasteiger partial charge in [0.15, 0.2) is 11.6 Å². The van der Waals surface area contributed by atoms with Crippen LogP contribution >= 0.6 is 0 Å². The molecule has 3 heterocycles. The average molecular weight is 378 g/mol. The molecule has 3 aromatic rings. The number of hydrogen-bond acceptors (Lipinski definition) is 6. The molecule has 0 spiro atoms. The number of methoxy groups -OCH3 is 1. The van der Waals surface area contributed by atoms with Gasteiger partial charge in [0.1, 0.15) is 5.75 Å². The highest BCUT2D eigenvalue weighted by Gasteiger charge is 2.18. The number of hydrogen-bond donors (Lipinski definition) is 0. The van der Waals surface area contributed by atoms with E-state index >= 15 is 0 Å². The van der Waals surface area contributed by atoms with Crippen molar-refractivity contribution in [3.8, 4) is 11.6 Å². The lowest BCUT2D eigenvalue weighted by atomic mass is 10.1. The number of aryl methyl sites for hydroxylation is 1. The second-order valence-corrected chi connectivity index (χ2v) is 7.08. The number of piperazine rings is 1. The van der Waals surface area contributed by atoms with E-state index in [9.17, 15) is 0 Å². The third kappa shape index (κ3) is 4.31. The number of aromatic nitrogens is 4. The minimum atomic E-state index is 0.745. The minimum absolute atomic E-state index is 0.745. The van der Waals surface area contributed by atoms with Crippen LogP contribution in [0.4, 0.5) is 5.82 Å². The molecule has 0 atom stereocenters. The van der Waals surface area contributed by atoms with Crippen molar-refractivity contribution in [3.63, 3.8) is 0 Å². The molecule has 0 unspecified atom stereocenters. The summed E-state index contributed by atoms with van der Waals surface area (Å²) in [5, 5.41) is 13.1. The van der Waals surface area contributed by atoms with Crippen LogP contribution in [0.2, 0.25) is 0 Å². The SMILES string of the molecule is COc1ccc(CCN2CCN(c3ccc(-n4ccc(C)n4)nn3)CC2)cc1. The number of ether oxygens (including phenoxy) is 1. The summed E-state index contributed by atoms with van der Waals surface area (Å²) in [6, 6.07) is 14.3. The molecule has 0 amide bonds. The van der Waals surface area contributed by atoms with E-state index in [-0.39, 0.29) is 0 Å². The molecule has 1 aliphatic rings. The zero-order valence-electron chi connectivity index (χ0n) is 16.5. The van der Waals surface area contributed by atoms with E-state index in [2.05, 4.69) is 37.2 Å². The maximum Gasteiger partial charge on any atom is 0.175 e. The summed E-state index contributed by atoms with van der Waals surface area (Å²) < 4.78 is 6.97. The lowest BCUT2D eigenvalue weighted by Gasteiger charge is -2.35. The molecule has 7 nitrogen and oxygen atoms in total. The Morgan fingerprint density at radius 2 is 1.61 bits per heavy atom. The van der Waals surface area contributed by atoms with Gasteiger partial charge in [-0.05, 0) is 49.2 Å². The van der Waals surface area contributed by atoms with Crippen molar-refractivity contribution in [2.24, 2.45) is 0 Å². The fourth-order valence-corrected chi connectivity index (χ4v) is 3.43. The third-order valence-corrected chi connectivity index (χ3v) is 5.17. The van der Waals surface area contributed by atoms with E-state index in [4.69, 9.17) is 4.74 Å². The monoisotopic (exact) mass is 378 g/mol. The van der Waals surface area contributed by atoms with E-state index in [1.54, 1.807) is 11.8 Å². The van der Waals surface area contributed by atoms with Gasteiger partial charge in [-0.3, -0.25) is 4.90 Å². The summed E-state index contributed by atoms with van der Waals surface area (Å²) >= 11 is 0. The second kappa shape index (κ2) is 8.39. The van der Waals surface area contributed by atoms with Crippen LogP contribution in [-0.2, 0) is 6.42 Å². The quantitative estimate of drug-likeness (QED) is 0.656. The van der Waals surface area contributed by atoms with Crippen molar-refractivity contribution < 1.29 is 4.74 Å². The Labute approximate surface area is 165 Å². The van der Waals surface area contributed by atoms with Gasteiger partial charge in [-0.15, -0.1) is 10.2 Å². The molecule has 1 aromatic carbocycles. The van der Waals surface area contributed by atoms with E-state index in [1.165, 1.54) is 5.56 Å². The number of nitrogens with zero attached hydrogens (tertiary/aromatic N) is 6. The second-order valence-electron chi connectivity index (χ2n) is 7.08. The molecule has 2 aromatic heterocycles. The van der Waals surface area contributed by atoms with Crippen LogP contribution in [0.3, 0.4) is 0 Å². The predicted octanol–water partition coefficient (Wildman–Crippen LogP) is 2.34. The summed E-state index contributed by atoms with van der Waals surface area (Å²) in [6.07, 6.45) is 2.96. The first-order chi connectivity index (χ1) is 13.7. The first-order valence-corrected chi connectivity index (χ1v) is 9.68. The van der Waals surface area contributed by atoms with Crippen molar-refractivity contribution in [1.29, 1.82) is 0 Å². The molecule has 0 N–H and O–H groups in total. The highest BCUT2D eigenvalue weighted by atomic mass is 16.5. The van der Waals surface area contributed by atoms with Crippen molar-refractivity contribution in [3.05, 3.63) is 59.9 Å². The molecule has 1 fully saturated rings. The van der Waals surface area contributed by atoms with E-state index < -0.39 is 0 Å². The lowest BCUT2D eigenvalue weighted by molar-refractivity contribution is 0.260. The van der Waals surface area contributed by atoms with Crippen LogP contribution in [0.15, 0.2) is 48.7 Å². The van der Waals surface area contributed by atoms with Gasteiger partial charge in [0.2, 0.25) is 0 Å². The van der Waals surface area contributed by atoms with Gasteiger partial charge in [0.05, 0.1) is 12.8 Å². The molecule has 4 rings (SSSR count). The van der Waals surface area contributed by atoms with Crippen LogP contribution in [0.5, 0.6) is 5.75 Å². The van der Waals surface area contributed by atoms with Crippen LogP contribution in [0, 0.1) is 6.92 Å². The Kier molecular flexibility index (Phi) is 5.53. The summed E-state index contributed by atoms with van der Waals surface area (Å²) in [7, 11) is 1.70. The Morgan fingerprint density at radius 1 is 0.893 bits per heavy atom. The Hall–Kier alpha value is -2.93. The van der Waals surface area contributed by atoms with Gasteiger partial charge in [0, 0.05) is 38.9 Å². The molecular formula is C21H26N6O. The summed E-state index contributed by atoms with van der Waals surface area (Å²) in [6.45, 7) is 7.06. The molecule has 1 saturated heterocycles. The van der Waals surface area contributed by atoms with Crippen molar-refractivity contribution in [1.82, 2.24) is 24.9 Å². The fourth-order valence-electron chi connectivity index (χ4n) is 3.43. The molecule has 1 aliphatic heterocycles. The normalized spacial score (nSPS) is 15.0. The van der Waals surface area contributed by atoms with Crippen LogP contribution < -0.4 is 9.64 Å². The lowest BCUT2D eigenvalue weighted by Crippen LogP contribution is -2.47. The molecule has 28 heavy (non-hydrogen) atoms. The maximum atomic E-state index is 5.22. The van der Waals surface area contributed by atoms with Crippen molar-refractivity contribution in [2.75, 3.05) is 44.7 Å². The van der Waals surface area contributed by atoms with Crippen LogP contribution in [0.25, 0.3) is 5.82 Å². The van der Waals surface area contributed by atoms with Crippen LogP contribution in [0.1, 0.15) is 11.3 Å². The van der Waals surface area contributed by atoms with E-state index in [1.807, 2.05) is 43.5 Å². The molecule has 7 heteroatoms. The van der Waals surface area contributed by atoms with E-state index in [0.717, 1.165) is 62.2 Å².